The molecule has 0 saturated heterocycles. The summed E-state index contributed by atoms with van der Waals surface area (Å²) in [4.78, 5) is 0. The second-order valence-electron chi connectivity index (χ2n) is 2.71. The summed E-state index contributed by atoms with van der Waals surface area (Å²) in [6.45, 7) is 1.60. The molecule has 0 bridgehead atoms. The molecular weight excluding hydrogens is 183 g/mol. The van der Waals surface area contributed by atoms with Crippen molar-refractivity contribution >= 4 is 0 Å². The van der Waals surface area contributed by atoms with Gasteiger partial charge in [-0.25, -0.2) is 0 Å². The van der Waals surface area contributed by atoms with Crippen LogP contribution < -0.4 is 5.32 Å². The van der Waals surface area contributed by atoms with Gasteiger partial charge in [-0.3, -0.25) is 0 Å². The summed E-state index contributed by atoms with van der Waals surface area (Å²) < 4.78 is 41.8. The zero-order valence-electron chi connectivity index (χ0n) is 7.27. The smallest absolute Gasteiger partial charge is 0.410 e. The molecule has 1 aromatic heterocycles. The maximum absolute atomic E-state index is 12.3. The standard InChI is InChI=1S/C8H10F3NO/c1-5-3-4-6(13-5)7(12-2)8(9,10)11/h3-4,7,12H,1-2H3/t7-/m1/s1. The summed E-state index contributed by atoms with van der Waals surface area (Å²) in [5.41, 5.74) is 0. The van der Waals surface area contributed by atoms with E-state index in [2.05, 4.69) is 5.32 Å². The Kier molecular flexibility index (Phi) is 2.66. The lowest BCUT2D eigenvalue weighted by Gasteiger charge is -2.16. The van der Waals surface area contributed by atoms with Crippen LogP contribution in [0.5, 0.6) is 0 Å². The fourth-order valence-electron chi connectivity index (χ4n) is 1.08. The minimum atomic E-state index is -4.32. The van der Waals surface area contributed by atoms with E-state index in [1.807, 2.05) is 0 Å². The van der Waals surface area contributed by atoms with Crippen molar-refractivity contribution in [2.24, 2.45) is 0 Å². The molecule has 1 rings (SSSR count). The van der Waals surface area contributed by atoms with Crippen LogP contribution in [0, 0.1) is 6.92 Å². The molecule has 0 aromatic carbocycles. The highest BCUT2D eigenvalue weighted by molar-refractivity contribution is 5.11. The number of hydrogen-bond donors (Lipinski definition) is 1. The second-order valence-corrected chi connectivity index (χ2v) is 2.71. The first-order valence-electron chi connectivity index (χ1n) is 3.75. The fraction of sp³-hybridized carbons (Fsp3) is 0.500. The summed E-state index contributed by atoms with van der Waals surface area (Å²) in [5.74, 6) is 0.368. The molecule has 1 aromatic rings. The van der Waals surface area contributed by atoms with Crippen LogP contribution in [0.25, 0.3) is 0 Å². The van der Waals surface area contributed by atoms with Crippen LogP contribution in [0.15, 0.2) is 16.5 Å². The highest BCUT2D eigenvalue weighted by Gasteiger charge is 2.41. The van der Waals surface area contributed by atoms with E-state index in [-0.39, 0.29) is 5.76 Å². The lowest BCUT2D eigenvalue weighted by Crippen LogP contribution is -2.31. The largest absolute Gasteiger partial charge is 0.464 e. The maximum atomic E-state index is 12.3. The molecule has 5 heteroatoms. The van der Waals surface area contributed by atoms with Gasteiger partial charge in [0.2, 0.25) is 0 Å². The first kappa shape index (κ1) is 10.1. The first-order valence-corrected chi connectivity index (χ1v) is 3.75. The van der Waals surface area contributed by atoms with Crippen molar-refractivity contribution in [3.8, 4) is 0 Å². The number of nitrogens with one attached hydrogen (secondary N) is 1. The average Bonchev–Trinajstić information content (AvgIpc) is 2.34. The van der Waals surface area contributed by atoms with Gasteiger partial charge in [0.25, 0.3) is 0 Å². The molecule has 1 heterocycles. The van der Waals surface area contributed by atoms with E-state index < -0.39 is 12.2 Å². The van der Waals surface area contributed by atoms with Gasteiger partial charge in [-0.15, -0.1) is 0 Å². The quantitative estimate of drug-likeness (QED) is 0.780. The van der Waals surface area contributed by atoms with E-state index >= 15 is 0 Å². The summed E-state index contributed by atoms with van der Waals surface area (Å²) in [6, 6.07) is 1.11. The molecule has 74 valence electrons. The second kappa shape index (κ2) is 3.41. The molecule has 0 amide bonds. The number of furan rings is 1. The minimum Gasteiger partial charge on any atom is -0.464 e. The Morgan fingerprint density at radius 3 is 2.31 bits per heavy atom. The normalized spacial score (nSPS) is 14.5. The van der Waals surface area contributed by atoms with E-state index in [1.165, 1.54) is 19.2 Å². The van der Waals surface area contributed by atoms with Gasteiger partial charge in [0.05, 0.1) is 0 Å². The van der Waals surface area contributed by atoms with Gasteiger partial charge >= 0.3 is 6.18 Å². The van der Waals surface area contributed by atoms with Crippen molar-refractivity contribution in [2.45, 2.75) is 19.1 Å². The molecule has 0 saturated carbocycles. The summed E-state index contributed by atoms with van der Waals surface area (Å²) in [5, 5.41) is 2.15. The molecule has 1 N–H and O–H groups in total. The zero-order valence-corrected chi connectivity index (χ0v) is 7.27. The van der Waals surface area contributed by atoms with E-state index in [4.69, 9.17) is 4.42 Å². The highest BCUT2D eigenvalue weighted by Crippen LogP contribution is 2.32. The van der Waals surface area contributed by atoms with Crippen LogP contribution >= 0.6 is 0 Å². The lowest BCUT2D eigenvalue weighted by molar-refractivity contribution is -0.160. The van der Waals surface area contributed by atoms with Crippen molar-refractivity contribution in [3.05, 3.63) is 23.7 Å². The molecule has 0 fully saturated rings. The molecule has 1 atom stereocenters. The van der Waals surface area contributed by atoms with Crippen molar-refractivity contribution in [1.82, 2.24) is 5.32 Å². The number of aryl methyl sites for hydroxylation is 1. The van der Waals surface area contributed by atoms with Crippen LogP contribution in [0.2, 0.25) is 0 Å². The average molecular weight is 193 g/mol. The van der Waals surface area contributed by atoms with Crippen molar-refractivity contribution in [3.63, 3.8) is 0 Å². The van der Waals surface area contributed by atoms with Crippen molar-refractivity contribution in [2.75, 3.05) is 7.05 Å². The Labute approximate surface area is 73.7 Å². The number of hydrogen-bond acceptors (Lipinski definition) is 2. The summed E-state index contributed by atoms with van der Waals surface area (Å²) >= 11 is 0. The van der Waals surface area contributed by atoms with Crippen molar-refractivity contribution in [1.29, 1.82) is 0 Å². The van der Waals surface area contributed by atoms with E-state index in [9.17, 15) is 13.2 Å². The molecule has 0 unspecified atom stereocenters. The third-order valence-electron chi connectivity index (χ3n) is 1.66. The number of alkyl halides is 3. The van der Waals surface area contributed by atoms with Gasteiger partial charge in [-0.05, 0) is 26.1 Å². The van der Waals surface area contributed by atoms with Crippen LogP contribution in [0.1, 0.15) is 17.6 Å². The third kappa shape index (κ3) is 2.24. The summed E-state index contributed by atoms with van der Waals surface area (Å²) in [7, 11) is 1.25. The molecule has 0 radical (unpaired) electrons. The fourth-order valence-corrected chi connectivity index (χ4v) is 1.08. The minimum absolute atomic E-state index is 0.104. The molecule has 0 spiro atoms. The summed E-state index contributed by atoms with van der Waals surface area (Å²) in [6.07, 6.45) is -4.32. The van der Waals surface area contributed by atoms with Gasteiger partial charge in [-0.2, -0.15) is 13.2 Å². The van der Waals surface area contributed by atoms with Gasteiger partial charge in [0.1, 0.15) is 11.5 Å². The highest BCUT2D eigenvalue weighted by atomic mass is 19.4. The monoisotopic (exact) mass is 193 g/mol. The molecule has 0 aliphatic carbocycles. The first-order chi connectivity index (χ1) is 5.95. The van der Waals surface area contributed by atoms with Crippen molar-refractivity contribution < 1.29 is 17.6 Å². The van der Waals surface area contributed by atoms with Crippen LogP contribution in [0.3, 0.4) is 0 Å². The molecule has 2 nitrogen and oxygen atoms in total. The van der Waals surface area contributed by atoms with Gasteiger partial charge in [0, 0.05) is 0 Å². The maximum Gasteiger partial charge on any atom is 0.410 e. The van der Waals surface area contributed by atoms with Crippen LogP contribution in [-0.4, -0.2) is 13.2 Å². The van der Waals surface area contributed by atoms with Gasteiger partial charge < -0.3 is 9.73 Å². The Bertz CT molecular complexity index is 279. The van der Waals surface area contributed by atoms with E-state index in [1.54, 1.807) is 6.92 Å². The molecule has 0 aliphatic rings. The van der Waals surface area contributed by atoms with Gasteiger partial charge in [-0.1, -0.05) is 0 Å². The Hall–Kier alpha value is -0.970. The molecule has 0 aliphatic heterocycles. The Balaban J connectivity index is 2.91. The lowest BCUT2D eigenvalue weighted by atomic mass is 10.2. The molecular formula is C8H10F3NO. The van der Waals surface area contributed by atoms with Crippen LogP contribution in [-0.2, 0) is 0 Å². The SMILES string of the molecule is CN[C@H](c1ccc(C)o1)C(F)(F)F. The van der Waals surface area contributed by atoms with Gasteiger partial charge in [0.15, 0.2) is 6.04 Å². The number of rotatable bonds is 2. The predicted molar refractivity (Wildman–Crippen MR) is 41.3 cm³/mol. The number of halogens is 3. The third-order valence-corrected chi connectivity index (χ3v) is 1.66. The van der Waals surface area contributed by atoms with Crippen LogP contribution in [0.4, 0.5) is 13.2 Å². The topological polar surface area (TPSA) is 25.2 Å². The Morgan fingerprint density at radius 2 is 2.00 bits per heavy atom. The predicted octanol–water partition coefficient (Wildman–Crippen LogP) is 2.41. The Morgan fingerprint density at radius 1 is 1.38 bits per heavy atom. The van der Waals surface area contributed by atoms with E-state index in [0.717, 1.165) is 0 Å². The molecule has 13 heavy (non-hydrogen) atoms. The van der Waals surface area contributed by atoms with E-state index in [0.29, 0.717) is 5.76 Å². The zero-order chi connectivity index (χ0) is 10.1.